The van der Waals surface area contributed by atoms with Gasteiger partial charge in [-0.1, -0.05) is 60.7 Å². The van der Waals surface area contributed by atoms with Gasteiger partial charge in [-0.2, -0.15) is 0 Å². The zero-order valence-electron chi connectivity index (χ0n) is 9.14. The van der Waals surface area contributed by atoms with Crippen molar-refractivity contribution in [1.82, 2.24) is 0 Å². The molecule has 16 heavy (non-hydrogen) atoms. The Kier molecular flexibility index (Phi) is 3.18. The van der Waals surface area contributed by atoms with Crippen molar-refractivity contribution in [3.8, 4) is 11.1 Å². The van der Waals surface area contributed by atoms with Crippen LogP contribution in [0, 0.1) is 0 Å². The smallest absolute Gasteiger partial charge is 0.0478 e. The van der Waals surface area contributed by atoms with E-state index in [4.69, 9.17) is 5.73 Å². The van der Waals surface area contributed by atoms with Gasteiger partial charge in [0.2, 0.25) is 0 Å². The van der Waals surface area contributed by atoms with Crippen LogP contribution in [0.3, 0.4) is 0 Å². The summed E-state index contributed by atoms with van der Waals surface area (Å²) in [6, 6.07) is 18.5. The Labute approximate surface area is 96.2 Å². The lowest BCUT2D eigenvalue weighted by Crippen LogP contribution is -2.05. The predicted molar refractivity (Wildman–Crippen MR) is 69.0 cm³/mol. The van der Waals surface area contributed by atoms with E-state index in [1.165, 1.54) is 11.1 Å². The van der Waals surface area contributed by atoms with Crippen LogP contribution in [0.25, 0.3) is 11.1 Å². The molecule has 0 heterocycles. The molecular weight excluding hydrogens is 194 g/mol. The minimum Gasteiger partial charge on any atom is -0.321 e. The molecule has 1 nitrogen and oxygen atoms in total. The highest BCUT2D eigenvalue weighted by Crippen LogP contribution is 2.21. The van der Waals surface area contributed by atoms with E-state index in [0.717, 1.165) is 5.56 Å². The highest BCUT2D eigenvalue weighted by molar-refractivity contribution is 5.63. The number of rotatable bonds is 3. The van der Waals surface area contributed by atoms with E-state index in [9.17, 15) is 0 Å². The van der Waals surface area contributed by atoms with Gasteiger partial charge in [0.25, 0.3) is 0 Å². The Balaban J connectivity index is 2.30. The Morgan fingerprint density at radius 2 is 1.44 bits per heavy atom. The molecule has 0 aliphatic rings. The third-order valence-corrected chi connectivity index (χ3v) is 2.66. The van der Waals surface area contributed by atoms with Crippen molar-refractivity contribution >= 4 is 0 Å². The highest BCUT2D eigenvalue weighted by atomic mass is 14.6. The maximum absolute atomic E-state index is 5.86. The summed E-state index contributed by atoms with van der Waals surface area (Å²) >= 11 is 0. The molecule has 2 aromatic rings. The van der Waals surface area contributed by atoms with E-state index in [-0.39, 0.29) is 6.04 Å². The van der Waals surface area contributed by atoms with Gasteiger partial charge in [0, 0.05) is 6.04 Å². The lowest BCUT2D eigenvalue weighted by molar-refractivity contribution is 0.915. The molecule has 1 atom stereocenters. The van der Waals surface area contributed by atoms with Gasteiger partial charge in [-0.05, 0) is 16.7 Å². The molecule has 1 heteroatoms. The molecule has 0 aromatic heterocycles. The third kappa shape index (κ3) is 2.20. The van der Waals surface area contributed by atoms with E-state index in [1.54, 1.807) is 6.08 Å². The number of nitrogens with two attached hydrogens (primary N) is 1. The Bertz CT molecular complexity index is 457. The second-order valence-electron chi connectivity index (χ2n) is 3.75. The quantitative estimate of drug-likeness (QED) is 0.769. The van der Waals surface area contributed by atoms with Crippen molar-refractivity contribution in [1.29, 1.82) is 0 Å². The lowest BCUT2D eigenvalue weighted by atomic mass is 10.0. The van der Waals surface area contributed by atoms with Crippen LogP contribution in [0.1, 0.15) is 11.6 Å². The molecule has 0 unspecified atom stereocenters. The predicted octanol–water partition coefficient (Wildman–Crippen LogP) is 3.54. The molecule has 0 aliphatic heterocycles. The zero-order chi connectivity index (χ0) is 11.4. The summed E-state index contributed by atoms with van der Waals surface area (Å²) in [5, 5.41) is 0. The van der Waals surface area contributed by atoms with Crippen molar-refractivity contribution in [2.75, 3.05) is 0 Å². The van der Waals surface area contributed by atoms with Crippen molar-refractivity contribution in [2.24, 2.45) is 5.73 Å². The lowest BCUT2D eigenvalue weighted by Gasteiger charge is -2.07. The molecule has 0 bridgehead atoms. The van der Waals surface area contributed by atoms with Gasteiger partial charge < -0.3 is 5.73 Å². The number of hydrogen-bond acceptors (Lipinski definition) is 1. The van der Waals surface area contributed by atoms with Crippen LogP contribution in [-0.4, -0.2) is 0 Å². The van der Waals surface area contributed by atoms with Crippen LogP contribution in [0.15, 0.2) is 67.3 Å². The van der Waals surface area contributed by atoms with Crippen molar-refractivity contribution in [2.45, 2.75) is 6.04 Å². The van der Waals surface area contributed by atoms with Crippen LogP contribution in [-0.2, 0) is 0 Å². The van der Waals surface area contributed by atoms with Crippen LogP contribution in [0.2, 0.25) is 0 Å². The van der Waals surface area contributed by atoms with Gasteiger partial charge >= 0.3 is 0 Å². The first kappa shape index (κ1) is 10.7. The summed E-state index contributed by atoms with van der Waals surface area (Å²) in [5.74, 6) is 0. The summed E-state index contributed by atoms with van der Waals surface area (Å²) in [5.41, 5.74) is 9.39. The zero-order valence-corrected chi connectivity index (χ0v) is 9.14. The minimum absolute atomic E-state index is 0.0789. The van der Waals surface area contributed by atoms with E-state index in [2.05, 4.69) is 43.0 Å². The maximum Gasteiger partial charge on any atom is 0.0478 e. The average molecular weight is 209 g/mol. The van der Waals surface area contributed by atoms with E-state index in [1.807, 2.05) is 18.2 Å². The van der Waals surface area contributed by atoms with Crippen molar-refractivity contribution < 1.29 is 0 Å². The molecule has 0 spiro atoms. The summed E-state index contributed by atoms with van der Waals surface area (Å²) in [4.78, 5) is 0. The normalized spacial score (nSPS) is 12.1. The fourth-order valence-corrected chi connectivity index (χ4v) is 1.66. The Morgan fingerprint density at radius 1 is 0.875 bits per heavy atom. The number of hydrogen-bond donors (Lipinski definition) is 1. The SMILES string of the molecule is C=C[C@@H](N)c1ccc(-c2ccccc2)cc1. The van der Waals surface area contributed by atoms with Crippen molar-refractivity contribution in [3.63, 3.8) is 0 Å². The third-order valence-electron chi connectivity index (χ3n) is 2.66. The molecule has 2 N–H and O–H groups in total. The van der Waals surface area contributed by atoms with Crippen LogP contribution < -0.4 is 5.73 Å². The van der Waals surface area contributed by atoms with Crippen molar-refractivity contribution in [3.05, 3.63) is 72.8 Å². The molecule has 80 valence electrons. The maximum atomic E-state index is 5.86. The Hall–Kier alpha value is -1.86. The monoisotopic (exact) mass is 209 g/mol. The molecule has 0 aliphatic carbocycles. The van der Waals surface area contributed by atoms with Gasteiger partial charge in [0.15, 0.2) is 0 Å². The first-order valence-corrected chi connectivity index (χ1v) is 5.35. The molecular formula is C15H15N. The van der Waals surface area contributed by atoms with Gasteiger partial charge in [-0.25, -0.2) is 0 Å². The largest absolute Gasteiger partial charge is 0.321 e. The molecule has 0 fully saturated rings. The standard InChI is InChI=1S/C15H15N/c1-2-15(16)14-10-8-13(9-11-14)12-6-4-3-5-7-12/h2-11,15H,1,16H2/t15-/m1/s1. The molecule has 2 aromatic carbocycles. The molecule has 0 saturated heterocycles. The molecule has 2 rings (SSSR count). The Morgan fingerprint density at radius 3 is 2.00 bits per heavy atom. The summed E-state index contributed by atoms with van der Waals surface area (Å²) in [7, 11) is 0. The minimum atomic E-state index is -0.0789. The van der Waals surface area contributed by atoms with Crippen LogP contribution >= 0.6 is 0 Å². The van der Waals surface area contributed by atoms with E-state index < -0.39 is 0 Å². The van der Waals surface area contributed by atoms with E-state index in [0.29, 0.717) is 0 Å². The first-order valence-electron chi connectivity index (χ1n) is 5.35. The molecule has 0 amide bonds. The second kappa shape index (κ2) is 4.77. The number of benzene rings is 2. The topological polar surface area (TPSA) is 26.0 Å². The fraction of sp³-hybridized carbons (Fsp3) is 0.0667. The second-order valence-corrected chi connectivity index (χ2v) is 3.75. The van der Waals surface area contributed by atoms with Gasteiger partial charge in [-0.3, -0.25) is 0 Å². The molecule has 0 radical (unpaired) electrons. The van der Waals surface area contributed by atoms with Gasteiger partial charge in [0.05, 0.1) is 0 Å². The first-order chi connectivity index (χ1) is 7.81. The fourth-order valence-electron chi connectivity index (χ4n) is 1.66. The van der Waals surface area contributed by atoms with Gasteiger partial charge in [-0.15, -0.1) is 6.58 Å². The van der Waals surface area contributed by atoms with Crippen LogP contribution in [0.5, 0.6) is 0 Å². The van der Waals surface area contributed by atoms with E-state index >= 15 is 0 Å². The average Bonchev–Trinajstić information content (AvgIpc) is 2.39. The highest BCUT2D eigenvalue weighted by Gasteiger charge is 2.01. The van der Waals surface area contributed by atoms with Crippen LogP contribution in [0.4, 0.5) is 0 Å². The summed E-state index contributed by atoms with van der Waals surface area (Å²) in [6.45, 7) is 3.69. The summed E-state index contributed by atoms with van der Waals surface area (Å²) < 4.78 is 0. The summed E-state index contributed by atoms with van der Waals surface area (Å²) in [6.07, 6.45) is 1.75. The van der Waals surface area contributed by atoms with Gasteiger partial charge in [0.1, 0.15) is 0 Å². The molecule has 0 saturated carbocycles.